The molecule has 0 N–H and O–H groups in total. The summed E-state index contributed by atoms with van der Waals surface area (Å²) in [6, 6.07) is 0. The molecule has 0 bridgehead atoms. The molecule has 0 aromatic rings. The lowest BCUT2D eigenvalue weighted by atomic mass is 9.96. The van der Waals surface area contributed by atoms with E-state index in [9.17, 15) is 0 Å². The van der Waals surface area contributed by atoms with Crippen molar-refractivity contribution in [2.75, 3.05) is 6.61 Å². The van der Waals surface area contributed by atoms with E-state index in [0.29, 0.717) is 5.60 Å². The predicted octanol–water partition coefficient (Wildman–Crippen LogP) is 8.21. The van der Waals surface area contributed by atoms with Crippen molar-refractivity contribution in [1.82, 2.24) is 0 Å². The maximum absolute atomic E-state index is 5.66. The van der Waals surface area contributed by atoms with E-state index in [1.165, 1.54) is 122 Å². The van der Waals surface area contributed by atoms with Crippen molar-refractivity contribution in [3.63, 3.8) is 0 Å². The fraction of sp³-hybridized carbons (Fsp3) is 1.00. The van der Waals surface area contributed by atoms with Gasteiger partial charge in [0.1, 0.15) is 0 Å². The molecule has 1 fully saturated rings. The number of unbranched alkanes of at least 4 members (excludes halogenated alkanes) is 15. The highest BCUT2D eigenvalue weighted by atomic mass is 16.6. The Labute approximate surface area is 153 Å². The normalized spacial score (nSPS) is 19.8. The van der Waals surface area contributed by atoms with E-state index in [2.05, 4.69) is 13.8 Å². The minimum Gasteiger partial charge on any atom is -0.370 e. The quantitative estimate of drug-likeness (QED) is 0.171. The van der Waals surface area contributed by atoms with Gasteiger partial charge in [0.2, 0.25) is 0 Å². The molecule has 1 saturated heterocycles. The average Bonchev–Trinajstić information content (AvgIpc) is 3.34. The first-order valence-electron chi connectivity index (χ1n) is 11.5. The Hall–Kier alpha value is -0.0400. The third kappa shape index (κ3) is 12.3. The van der Waals surface area contributed by atoms with E-state index in [1.54, 1.807) is 0 Å². The van der Waals surface area contributed by atoms with Gasteiger partial charge in [0.05, 0.1) is 12.2 Å². The molecule has 0 aromatic carbocycles. The molecule has 0 saturated carbocycles. The summed E-state index contributed by atoms with van der Waals surface area (Å²) < 4.78 is 5.66. The summed E-state index contributed by atoms with van der Waals surface area (Å²) in [4.78, 5) is 0. The highest BCUT2D eigenvalue weighted by Crippen LogP contribution is 2.37. The predicted molar refractivity (Wildman–Crippen MR) is 108 cm³/mol. The molecule has 1 aliphatic heterocycles. The first-order chi connectivity index (χ1) is 11.8. The van der Waals surface area contributed by atoms with Crippen molar-refractivity contribution in [1.29, 1.82) is 0 Å². The van der Waals surface area contributed by atoms with Gasteiger partial charge in [-0.15, -0.1) is 0 Å². The molecule has 0 aliphatic carbocycles. The van der Waals surface area contributed by atoms with E-state index in [4.69, 9.17) is 4.74 Å². The van der Waals surface area contributed by atoms with Crippen molar-refractivity contribution < 1.29 is 4.74 Å². The largest absolute Gasteiger partial charge is 0.370 e. The molecule has 1 rings (SSSR count). The molecule has 0 radical (unpaired) electrons. The van der Waals surface area contributed by atoms with Gasteiger partial charge in [-0.25, -0.2) is 0 Å². The third-order valence-corrected chi connectivity index (χ3v) is 5.74. The van der Waals surface area contributed by atoms with Crippen LogP contribution in [-0.4, -0.2) is 12.2 Å². The monoisotopic (exact) mass is 338 g/mol. The van der Waals surface area contributed by atoms with E-state index >= 15 is 0 Å². The van der Waals surface area contributed by atoms with Crippen LogP contribution in [0.15, 0.2) is 0 Å². The van der Waals surface area contributed by atoms with Gasteiger partial charge in [0, 0.05) is 0 Å². The summed E-state index contributed by atoms with van der Waals surface area (Å²) in [5, 5.41) is 0. The van der Waals surface area contributed by atoms with Gasteiger partial charge in [-0.1, -0.05) is 123 Å². The van der Waals surface area contributed by atoms with Gasteiger partial charge < -0.3 is 4.74 Å². The Morgan fingerprint density at radius 3 is 1.21 bits per heavy atom. The zero-order chi connectivity index (χ0) is 17.3. The molecule has 0 amide bonds. The van der Waals surface area contributed by atoms with Crippen LogP contribution in [0.2, 0.25) is 0 Å². The van der Waals surface area contributed by atoms with Crippen molar-refractivity contribution in [3.05, 3.63) is 0 Å². The Bertz CT molecular complexity index is 257. The highest BCUT2D eigenvalue weighted by Gasteiger charge is 2.42. The van der Waals surface area contributed by atoms with Crippen molar-refractivity contribution in [2.24, 2.45) is 0 Å². The van der Waals surface area contributed by atoms with Crippen LogP contribution in [0.4, 0.5) is 0 Å². The van der Waals surface area contributed by atoms with Crippen LogP contribution in [0, 0.1) is 0 Å². The van der Waals surface area contributed by atoms with Crippen LogP contribution >= 0.6 is 0 Å². The maximum atomic E-state index is 5.66. The van der Waals surface area contributed by atoms with E-state index in [0.717, 1.165) is 6.61 Å². The van der Waals surface area contributed by atoms with Gasteiger partial charge in [-0.05, 0) is 12.8 Å². The van der Waals surface area contributed by atoms with Crippen molar-refractivity contribution >= 4 is 0 Å². The van der Waals surface area contributed by atoms with E-state index in [1.807, 2.05) is 0 Å². The van der Waals surface area contributed by atoms with Crippen LogP contribution in [0.25, 0.3) is 0 Å². The Balaban J connectivity index is 1.68. The summed E-state index contributed by atoms with van der Waals surface area (Å²) in [6.45, 7) is 5.61. The number of rotatable bonds is 19. The SMILES string of the molecule is CCCCCCCCCCCCCCCCCCC1(CCC)CO1. The minimum absolute atomic E-state index is 0.338. The first-order valence-corrected chi connectivity index (χ1v) is 11.5. The standard InChI is InChI=1S/C23H46O/c1-3-5-6-7-8-9-10-11-12-13-14-15-16-17-18-19-21-23(20-4-2)22-24-23/h3-22H2,1-2H3. The van der Waals surface area contributed by atoms with E-state index < -0.39 is 0 Å². The van der Waals surface area contributed by atoms with Crippen LogP contribution < -0.4 is 0 Å². The lowest BCUT2D eigenvalue weighted by Crippen LogP contribution is -2.09. The molecule has 0 aromatic heterocycles. The molecule has 24 heavy (non-hydrogen) atoms. The van der Waals surface area contributed by atoms with Crippen molar-refractivity contribution in [3.8, 4) is 0 Å². The molecule has 144 valence electrons. The second-order valence-corrected chi connectivity index (χ2v) is 8.27. The molecular formula is C23H46O. The minimum atomic E-state index is 0.338. The van der Waals surface area contributed by atoms with Crippen LogP contribution in [-0.2, 0) is 4.74 Å². The lowest BCUT2D eigenvalue weighted by Gasteiger charge is -2.09. The van der Waals surface area contributed by atoms with Gasteiger partial charge >= 0.3 is 0 Å². The Morgan fingerprint density at radius 2 is 0.875 bits per heavy atom. The van der Waals surface area contributed by atoms with Crippen LogP contribution in [0.3, 0.4) is 0 Å². The van der Waals surface area contributed by atoms with Gasteiger partial charge in [0.15, 0.2) is 0 Å². The second-order valence-electron chi connectivity index (χ2n) is 8.27. The molecule has 1 atom stereocenters. The summed E-state index contributed by atoms with van der Waals surface area (Å²) in [7, 11) is 0. The zero-order valence-corrected chi connectivity index (χ0v) is 17.1. The summed E-state index contributed by atoms with van der Waals surface area (Å²) >= 11 is 0. The van der Waals surface area contributed by atoms with Crippen LogP contribution in [0.1, 0.15) is 136 Å². The molecule has 1 heterocycles. The Morgan fingerprint density at radius 1 is 0.500 bits per heavy atom. The molecular weight excluding hydrogens is 292 g/mol. The number of hydrogen-bond donors (Lipinski definition) is 0. The lowest BCUT2D eigenvalue weighted by molar-refractivity contribution is 0.265. The zero-order valence-electron chi connectivity index (χ0n) is 17.1. The highest BCUT2D eigenvalue weighted by molar-refractivity contribution is 4.91. The average molecular weight is 339 g/mol. The summed E-state index contributed by atoms with van der Waals surface area (Å²) in [5.74, 6) is 0. The number of hydrogen-bond acceptors (Lipinski definition) is 1. The fourth-order valence-electron chi connectivity index (χ4n) is 3.97. The topological polar surface area (TPSA) is 12.5 Å². The molecule has 1 aliphatic rings. The van der Waals surface area contributed by atoms with Gasteiger partial charge in [-0.2, -0.15) is 0 Å². The molecule has 1 heteroatoms. The summed E-state index contributed by atoms with van der Waals surface area (Å²) in [5.41, 5.74) is 0.338. The number of epoxide rings is 1. The molecule has 1 nitrogen and oxygen atoms in total. The third-order valence-electron chi connectivity index (χ3n) is 5.74. The van der Waals surface area contributed by atoms with Crippen LogP contribution in [0.5, 0.6) is 0 Å². The number of ether oxygens (including phenoxy) is 1. The summed E-state index contributed by atoms with van der Waals surface area (Å²) in [6.07, 6.45) is 27.1. The van der Waals surface area contributed by atoms with Gasteiger partial charge in [0.25, 0.3) is 0 Å². The van der Waals surface area contributed by atoms with E-state index in [-0.39, 0.29) is 0 Å². The smallest absolute Gasteiger partial charge is 0.0916 e. The second kappa shape index (κ2) is 15.2. The molecule has 1 unspecified atom stereocenters. The Kier molecular flexibility index (Phi) is 14.0. The fourth-order valence-corrected chi connectivity index (χ4v) is 3.97. The molecule has 0 spiro atoms. The van der Waals surface area contributed by atoms with Gasteiger partial charge in [-0.3, -0.25) is 0 Å². The first kappa shape index (κ1) is 22.0. The maximum Gasteiger partial charge on any atom is 0.0916 e. The van der Waals surface area contributed by atoms with Crippen molar-refractivity contribution in [2.45, 2.75) is 141 Å².